The molecule has 0 fully saturated rings. The largest absolute Gasteiger partial charge is 0.384 e. The minimum atomic E-state index is -0.127. The number of rotatable bonds is 4. The highest BCUT2D eigenvalue weighted by molar-refractivity contribution is 5.89. The second-order valence-electron chi connectivity index (χ2n) is 6.35. The van der Waals surface area contributed by atoms with E-state index in [9.17, 15) is 4.79 Å². The van der Waals surface area contributed by atoms with E-state index in [1.165, 1.54) is 6.92 Å². The number of benzene rings is 1. The van der Waals surface area contributed by atoms with E-state index >= 15 is 0 Å². The van der Waals surface area contributed by atoms with Crippen LogP contribution >= 0.6 is 0 Å². The number of hydrogen-bond donors (Lipinski definition) is 3. The lowest BCUT2D eigenvalue weighted by atomic mass is 10.2. The number of pyridine rings is 1. The van der Waals surface area contributed by atoms with Crippen LogP contribution in [0.15, 0.2) is 54.7 Å². The Hall–Kier alpha value is -3.94. The van der Waals surface area contributed by atoms with E-state index in [1.54, 1.807) is 13.0 Å². The Morgan fingerprint density at radius 3 is 2.64 bits per heavy atom. The summed E-state index contributed by atoms with van der Waals surface area (Å²) in [5.74, 6) is 1.48. The van der Waals surface area contributed by atoms with Gasteiger partial charge in [0.2, 0.25) is 5.91 Å². The average molecular weight is 373 g/mol. The predicted octanol–water partition coefficient (Wildman–Crippen LogP) is 3.38. The zero-order valence-corrected chi connectivity index (χ0v) is 15.5. The van der Waals surface area contributed by atoms with Crippen LogP contribution in [0.25, 0.3) is 17.0 Å². The summed E-state index contributed by atoms with van der Waals surface area (Å²) in [7, 11) is 0. The highest BCUT2D eigenvalue weighted by Gasteiger charge is 2.17. The number of fused-ring (bicyclic) bond motifs is 1. The van der Waals surface area contributed by atoms with Crippen LogP contribution < -0.4 is 16.4 Å². The summed E-state index contributed by atoms with van der Waals surface area (Å²) in [6, 6.07) is 14.9. The van der Waals surface area contributed by atoms with Crippen LogP contribution in [-0.2, 0) is 4.79 Å². The number of aryl methyl sites for hydroxylation is 1. The number of hydrogen-bond acceptors (Lipinski definition) is 6. The minimum Gasteiger partial charge on any atom is -0.384 e. The fraction of sp³-hybridized carbons (Fsp3) is 0.100. The topological polar surface area (TPSA) is 110 Å². The Kier molecular flexibility index (Phi) is 4.36. The van der Waals surface area contributed by atoms with Gasteiger partial charge >= 0.3 is 0 Å². The Morgan fingerprint density at radius 1 is 1.04 bits per heavy atom. The van der Waals surface area contributed by atoms with Gasteiger partial charge in [-0.25, -0.2) is 15.0 Å². The molecule has 8 nitrogen and oxygen atoms in total. The van der Waals surface area contributed by atoms with Crippen molar-refractivity contribution in [2.45, 2.75) is 13.8 Å². The molecule has 1 aromatic carbocycles. The SMILES string of the molecule is CC(=O)Nc1cccc(Nc2nc3ccccn3c2-c2cc(N)nc(C)n2)c1. The molecule has 4 aromatic rings. The Balaban J connectivity index is 1.82. The fourth-order valence-electron chi connectivity index (χ4n) is 3.05. The number of nitrogens with zero attached hydrogens (tertiary/aromatic N) is 4. The van der Waals surface area contributed by atoms with E-state index in [0.29, 0.717) is 28.8 Å². The number of carbonyl (C=O) groups is 1. The first-order valence-electron chi connectivity index (χ1n) is 8.73. The van der Waals surface area contributed by atoms with Crippen LogP contribution in [0.3, 0.4) is 0 Å². The van der Waals surface area contributed by atoms with E-state index in [0.717, 1.165) is 17.0 Å². The first kappa shape index (κ1) is 17.5. The number of nitrogen functional groups attached to an aromatic ring is 1. The quantitative estimate of drug-likeness (QED) is 0.506. The van der Waals surface area contributed by atoms with Crippen molar-refractivity contribution in [2.75, 3.05) is 16.4 Å². The molecule has 0 saturated carbocycles. The third kappa shape index (κ3) is 3.48. The van der Waals surface area contributed by atoms with Crippen molar-refractivity contribution >= 4 is 34.6 Å². The second-order valence-corrected chi connectivity index (χ2v) is 6.35. The van der Waals surface area contributed by atoms with Gasteiger partial charge in [0.05, 0.1) is 5.69 Å². The molecule has 4 rings (SSSR count). The van der Waals surface area contributed by atoms with Gasteiger partial charge in [-0.05, 0) is 37.3 Å². The predicted molar refractivity (Wildman–Crippen MR) is 109 cm³/mol. The molecule has 140 valence electrons. The highest BCUT2D eigenvalue weighted by atomic mass is 16.1. The number of amides is 1. The summed E-state index contributed by atoms with van der Waals surface area (Å²) in [6.07, 6.45) is 1.92. The van der Waals surface area contributed by atoms with Crippen LogP contribution in [-0.4, -0.2) is 25.3 Å². The van der Waals surface area contributed by atoms with E-state index in [1.807, 2.05) is 53.1 Å². The number of nitrogens with two attached hydrogens (primary N) is 1. The van der Waals surface area contributed by atoms with Crippen molar-refractivity contribution in [2.24, 2.45) is 0 Å². The standard InChI is InChI=1S/C20H19N7O/c1-12-22-16(11-17(21)23-12)19-20(26-18-8-3-4-9-27(18)19)25-15-7-5-6-14(10-15)24-13(2)28/h3-11,25H,1-2H3,(H,24,28)(H2,21,22,23). The summed E-state index contributed by atoms with van der Waals surface area (Å²) in [6.45, 7) is 3.27. The average Bonchev–Trinajstić information content (AvgIpc) is 2.98. The molecule has 0 aliphatic rings. The molecule has 0 radical (unpaired) electrons. The van der Waals surface area contributed by atoms with E-state index in [4.69, 9.17) is 10.7 Å². The first-order chi connectivity index (χ1) is 13.5. The number of carbonyl (C=O) groups excluding carboxylic acids is 1. The summed E-state index contributed by atoms with van der Waals surface area (Å²) in [4.78, 5) is 24.7. The molecule has 0 bridgehead atoms. The third-order valence-corrected chi connectivity index (χ3v) is 4.08. The summed E-state index contributed by atoms with van der Waals surface area (Å²) in [5, 5.41) is 6.11. The van der Waals surface area contributed by atoms with Gasteiger partial charge in [0.1, 0.15) is 23.0 Å². The van der Waals surface area contributed by atoms with Gasteiger partial charge in [-0.3, -0.25) is 9.20 Å². The molecule has 4 N–H and O–H groups in total. The van der Waals surface area contributed by atoms with Gasteiger partial charge in [0, 0.05) is 30.6 Å². The van der Waals surface area contributed by atoms with Crippen LogP contribution in [0.5, 0.6) is 0 Å². The van der Waals surface area contributed by atoms with Crippen molar-refractivity contribution < 1.29 is 4.79 Å². The first-order valence-corrected chi connectivity index (χ1v) is 8.73. The molecule has 0 atom stereocenters. The molecular formula is C20H19N7O. The van der Waals surface area contributed by atoms with E-state index < -0.39 is 0 Å². The zero-order chi connectivity index (χ0) is 19.7. The minimum absolute atomic E-state index is 0.127. The van der Waals surface area contributed by atoms with Gasteiger partial charge in [-0.1, -0.05) is 12.1 Å². The lowest BCUT2D eigenvalue weighted by Gasteiger charge is -2.10. The molecule has 0 aliphatic heterocycles. The van der Waals surface area contributed by atoms with Gasteiger partial charge in [0.25, 0.3) is 0 Å². The van der Waals surface area contributed by atoms with E-state index in [-0.39, 0.29) is 5.91 Å². The van der Waals surface area contributed by atoms with Gasteiger partial charge < -0.3 is 16.4 Å². The molecule has 3 heterocycles. The van der Waals surface area contributed by atoms with Crippen LogP contribution in [0.2, 0.25) is 0 Å². The summed E-state index contributed by atoms with van der Waals surface area (Å²) in [5.41, 5.74) is 9.64. The van der Waals surface area contributed by atoms with Crippen molar-refractivity contribution in [3.05, 3.63) is 60.6 Å². The van der Waals surface area contributed by atoms with Crippen LogP contribution in [0.1, 0.15) is 12.7 Å². The van der Waals surface area contributed by atoms with Crippen molar-refractivity contribution in [1.29, 1.82) is 0 Å². The summed E-state index contributed by atoms with van der Waals surface area (Å²) >= 11 is 0. The normalized spacial score (nSPS) is 10.8. The fourth-order valence-corrected chi connectivity index (χ4v) is 3.05. The Morgan fingerprint density at radius 2 is 1.86 bits per heavy atom. The Labute approximate surface area is 161 Å². The third-order valence-electron chi connectivity index (χ3n) is 4.08. The second kappa shape index (κ2) is 6.99. The van der Waals surface area contributed by atoms with Crippen LogP contribution in [0, 0.1) is 6.92 Å². The maximum Gasteiger partial charge on any atom is 0.221 e. The summed E-state index contributed by atoms with van der Waals surface area (Å²) < 4.78 is 1.95. The molecule has 28 heavy (non-hydrogen) atoms. The molecule has 0 saturated heterocycles. The Bertz CT molecular complexity index is 1160. The molecular weight excluding hydrogens is 354 g/mol. The number of nitrogens with one attached hydrogen (secondary N) is 2. The molecule has 8 heteroatoms. The maximum atomic E-state index is 11.3. The lowest BCUT2D eigenvalue weighted by molar-refractivity contribution is -0.114. The monoisotopic (exact) mass is 373 g/mol. The lowest BCUT2D eigenvalue weighted by Crippen LogP contribution is -2.06. The van der Waals surface area contributed by atoms with Gasteiger partial charge in [0.15, 0.2) is 5.82 Å². The maximum absolute atomic E-state index is 11.3. The van der Waals surface area contributed by atoms with Gasteiger partial charge in [-0.2, -0.15) is 0 Å². The zero-order valence-electron chi connectivity index (χ0n) is 15.5. The van der Waals surface area contributed by atoms with Crippen molar-refractivity contribution in [3.63, 3.8) is 0 Å². The molecule has 1 amide bonds. The molecule has 0 spiro atoms. The molecule has 0 aliphatic carbocycles. The van der Waals surface area contributed by atoms with Gasteiger partial charge in [-0.15, -0.1) is 0 Å². The highest BCUT2D eigenvalue weighted by Crippen LogP contribution is 2.31. The van der Waals surface area contributed by atoms with Crippen molar-refractivity contribution in [3.8, 4) is 11.4 Å². The van der Waals surface area contributed by atoms with Crippen molar-refractivity contribution in [1.82, 2.24) is 19.4 Å². The molecule has 0 unspecified atom stereocenters. The number of imidazole rings is 1. The smallest absolute Gasteiger partial charge is 0.221 e. The molecule has 3 aromatic heterocycles. The number of anilines is 4. The van der Waals surface area contributed by atoms with Crippen LogP contribution in [0.4, 0.5) is 23.0 Å². The van der Waals surface area contributed by atoms with E-state index in [2.05, 4.69) is 20.6 Å². The number of aromatic nitrogens is 4.